The molecule has 2 aromatic carbocycles. The molecule has 2 unspecified atom stereocenters. The molecule has 5 rings (SSSR count). The molecule has 2 atom stereocenters. The number of rotatable bonds is 3. The van der Waals surface area contributed by atoms with Crippen molar-refractivity contribution < 1.29 is 13.9 Å². The van der Waals surface area contributed by atoms with Gasteiger partial charge in [-0.1, -0.05) is 41.9 Å². The van der Waals surface area contributed by atoms with E-state index < -0.39 is 6.04 Å². The number of amides is 1. The molecule has 0 radical (unpaired) electrons. The van der Waals surface area contributed by atoms with E-state index in [4.69, 9.17) is 20.8 Å². The van der Waals surface area contributed by atoms with E-state index in [1.807, 2.05) is 30.3 Å². The molecule has 1 fully saturated rings. The minimum absolute atomic E-state index is 0.0246. The summed E-state index contributed by atoms with van der Waals surface area (Å²) in [4.78, 5) is 28.3. The molecule has 2 aliphatic heterocycles. The minimum Gasteiger partial charge on any atom is -0.450 e. The molecule has 0 saturated carbocycles. The summed E-state index contributed by atoms with van der Waals surface area (Å²) in [6.07, 6.45) is 1.86. The van der Waals surface area contributed by atoms with Crippen molar-refractivity contribution in [2.45, 2.75) is 25.0 Å². The standard InChI is InChI=1S/C22H18ClNO4/c23-14-8-9-17-16(11-14)20(25)18-19(13-5-2-1-3-6-13)24(22(26)21(18)28-17)12-15-7-4-10-27-15/h1-3,5-6,8-9,11,15,19H,4,7,10,12H2. The summed E-state index contributed by atoms with van der Waals surface area (Å²) in [6.45, 7) is 1.13. The third kappa shape index (κ3) is 2.74. The second-order valence-electron chi connectivity index (χ2n) is 7.22. The van der Waals surface area contributed by atoms with Crippen LogP contribution in [-0.2, 0) is 4.74 Å². The smallest absolute Gasteiger partial charge is 0.291 e. The lowest BCUT2D eigenvalue weighted by Crippen LogP contribution is -2.36. The van der Waals surface area contributed by atoms with Gasteiger partial charge in [0.2, 0.25) is 5.76 Å². The Balaban J connectivity index is 1.71. The predicted octanol–water partition coefficient (Wildman–Crippen LogP) is 4.17. The van der Waals surface area contributed by atoms with Gasteiger partial charge in [-0.05, 0) is 36.6 Å². The second-order valence-corrected chi connectivity index (χ2v) is 7.66. The zero-order chi connectivity index (χ0) is 19.3. The van der Waals surface area contributed by atoms with Gasteiger partial charge in [0.15, 0.2) is 5.43 Å². The molecular formula is C22H18ClNO4. The van der Waals surface area contributed by atoms with Crippen molar-refractivity contribution in [3.8, 4) is 0 Å². The van der Waals surface area contributed by atoms with Crippen LogP contribution in [-0.4, -0.2) is 30.1 Å². The highest BCUT2D eigenvalue weighted by Gasteiger charge is 2.43. The number of carbonyl (C=O) groups is 1. The average molecular weight is 396 g/mol. The van der Waals surface area contributed by atoms with Crippen LogP contribution in [0.25, 0.3) is 11.0 Å². The van der Waals surface area contributed by atoms with E-state index in [0.29, 0.717) is 34.7 Å². The van der Waals surface area contributed by atoms with Crippen LogP contribution < -0.4 is 5.43 Å². The third-order valence-corrected chi connectivity index (χ3v) is 5.70. The van der Waals surface area contributed by atoms with Crippen LogP contribution >= 0.6 is 11.6 Å². The van der Waals surface area contributed by atoms with Gasteiger partial charge in [0.05, 0.1) is 23.1 Å². The normalized spacial score (nSPS) is 21.5. The number of halogens is 1. The Morgan fingerprint density at radius 3 is 2.68 bits per heavy atom. The lowest BCUT2D eigenvalue weighted by Gasteiger charge is -2.27. The van der Waals surface area contributed by atoms with Gasteiger partial charge in [0.25, 0.3) is 5.91 Å². The van der Waals surface area contributed by atoms with Crippen LogP contribution in [0, 0.1) is 0 Å². The predicted molar refractivity (Wildman–Crippen MR) is 106 cm³/mol. The number of fused-ring (bicyclic) bond motifs is 2. The summed E-state index contributed by atoms with van der Waals surface area (Å²) in [5.41, 5.74) is 1.41. The molecule has 28 heavy (non-hydrogen) atoms. The van der Waals surface area contributed by atoms with Gasteiger partial charge in [-0.2, -0.15) is 0 Å². The summed E-state index contributed by atoms with van der Waals surface area (Å²) in [5, 5.41) is 0.843. The van der Waals surface area contributed by atoms with E-state index in [1.54, 1.807) is 23.1 Å². The van der Waals surface area contributed by atoms with Gasteiger partial charge in [-0.25, -0.2) is 0 Å². The second kappa shape index (κ2) is 6.76. The summed E-state index contributed by atoms with van der Waals surface area (Å²) in [5.74, 6) is -0.153. The molecule has 0 spiro atoms. The first-order chi connectivity index (χ1) is 13.6. The molecule has 1 saturated heterocycles. The van der Waals surface area contributed by atoms with Gasteiger partial charge in [-0.3, -0.25) is 9.59 Å². The number of nitrogens with zero attached hydrogens (tertiary/aromatic N) is 1. The van der Waals surface area contributed by atoms with E-state index in [1.165, 1.54) is 0 Å². The molecule has 5 nitrogen and oxygen atoms in total. The van der Waals surface area contributed by atoms with Crippen molar-refractivity contribution in [3.63, 3.8) is 0 Å². The van der Waals surface area contributed by atoms with Crippen molar-refractivity contribution in [1.29, 1.82) is 0 Å². The van der Waals surface area contributed by atoms with Gasteiger partial charge in [0.1, 0.15) is 5.58 Å². The van der Waals surface area contributed by atoms with Crippen LogP contribution in [0.3, 0.4) is 0 Å². The molecule has 2 aliphatic rings. The molecule has 0 aliphatic carbocycles. The summed E-state index contributed by atoms with van der Waals surface area (Å²) in [7, 11) is 0. The van der Waals surface area contributed by atoms with Crippen LogP contribution in [0.4, 0.5) is 0 Å². The molecule has 142 valence electrons. The first-order valence-electron chi connectivity index (χ1n) is 9.37. The first kappa shape index (κ1) is 17.5. The number of benzene rings is 2. The van der Waals surface area contributed by atoms with Gasteiger partial charge in [0, 0.05) is 18.2 Å². The number of hydrogen-bond donors (Lipinski definition) is 0. The lowest BCUT2D eigenvalue weighted by atomic mass is 9.98. The average Bonchev–Trinajstić information content (AvgIpc) is 3.31. The topological polar surface area (TPSA) is 59.8 Å². The fraction of sp³-hybridized carbons (Fsp3) is 0.273. The third-order valence-electron chi connectivity index (χ3n) is 5.47. The Morgan fingerprint density at radius 2 is 1.93 bits per heavy atom. The maximum Gasteiger partial charge on any atom is 0.291 e. The Morgan fingerprint density at radius 1 is 1.11 bits per heavy atom. The highest BCUT2D eigenvalue weighted by molar-refractivity contribution is 6.31. The zero-order valence-electron chi connectivity index (χ0n) is 15.1. The van der Waals surface area contributed by atoms with E-state index in [2.05, 4.69) is 0 Å². The van der Waals surface area contributed by atoms with E-state index in [0.717, 1.165) is 18.4 Å². The largest absolute Gasteiger partial charge is 0.450 e. The number of ether oxygens (including phenoxy) is 1. The molecular weight excluding hydrogens is 378 g/mol. The van der Waals surface area contributed by atoms with Crippen molar-refractivity contribution in [2.75, 3.05) is 13.2 Å². The highest BCUT2D eigenvalue weighted by atomic mass is 35.5. The Labute approximate surface area is 166 Å². The maximum absolute atomic E-state index is 13.4. The van der Waals surface area contributed by atoms with Gasteiger partial charge in [-0.15, -0.1) is 0 Å². The monoisotopic (exact) mass is 395 g/mol. The van der Waals surface area contributed by atoms with Crippen molar-refractivity contribution in [2.24, 2.45) is 0 Å². The highest BCUT2D eigenvalue weighted by Crippen LogP contribution is 2.39. The Bertz CT molecular complexity index is 1120. The molecule has 0 bridgehead atoms. The molecule has 3 aromatic rings. The SMILES string of the molecule is O=C1c2oc3ccc(Cl)cc3c(=O)c2C(c2ccccc2)N1CC1CCCO1. The molecule has 6 heteroatoms. The maximum atomic E-state index is 13.4. The van der Waals surface area contributed by atoms with Crippen LogP contribution in [0.1, 0.15) is 40.6 Å². The zero-order valence-corrected chi connectivity index (χ0v) is 15.8. The van der Waals surface area contributed by atoms with Crippen LogP contribution in [0.15, 0.2) is 57.7 Å². The van der Waals surface area contributed by atoms with Gasteiger partial charge >= 0.3 is 0 Å². The number of hydrogen-bond acceptors (Lipinski definition) is 4. The van der Waals surface area contributed by atoms with Crippen LogP contribution in [0.5, 0.6) is 0 Å². The summed E-state index contributed by atoms with van der Waals surface area (Å²) < 4.78 is 11.7. The van der Waals surface area contributed by atoms with Crippen molar-refractivity contribution >= 4 is 28.5 Å². The van der Waals surface area contributed by atoms with Gasteiger partial charge < -0.3 is 14.1 Å². The quantitative estimate of drug-likeness (QED) is 0.667. The van der Waals surface area contributed by atoms with Crippen molar-refractivity contribution in [3.05, 3.63) is 80.7 Å². The Hall–Kier alpha value is -2.63. The summed E-state index contributed by atoms with van der Waals surface area (Å²) >= 11 is 6.09. The fourth-order valence-electron chi connectivity index (χ4n) is 4.17. The minimum atomic E-state index is -0.493. The van der Waals surface area contributed by atoms with Crippen LogP contribution in [0.2, 0.25) is 5.02 Å². The number of carbonyl (C=O) groups excluding carboxylic acids is 1. The summed E-state index contributed by atoms with van der Waals surface area (Å²) in [6, 6.07) is 14.0. The lowest BCUT2D eigenvalue weighted by molar-refractivity contribution is 0.0486. The van der Waals surface area contributed by atoms with E-state index in [-0.39, 0.29) is 23.2 Å². The molecule has 1 amide bonds. The van der Waals surface area contributed by atoms with E-state index in [9.17, 15) is 9.59 Å². The molecule has 1 aromatic heterocycles. The molecule has 0 N–H and O–H groups in total. The van der Waals surface area contributed by atoms with E-state index >= 15 is 0 Å². The fourth-order valence-corrected chi connectivity index (χ4v) is 4.34. The Kier molecular flexibility index (Phi) is 4.22. The van der Waals surface area contributed by atoms with Crippen molar-refractivity contribution in [1.82, 2.24) is 4.90 Å². The molecule has 3 heterocycles. The first-order valence-corrected chi connectivity index (χ1v) is 9.75.